The molecule has 0 spiro atoms. The average molecular weight is 164 g/mol. The highest BCUT2D eigenvalue weighted by Gasteiger charge is 2.32. The lowest BCUT2D eigenvalue weighted by Crippen LogP contribution is -2.16. The van der Waals surface area contributed by atoms with E-state index in [0.717, 1.165) is 23.5 Å². The summed E-state index contributed by atoms with van der Waals surface area (Å²) in [4.78, 5) is 0. The van der Waals surface area contributed by atoms with Crippen LogP contribution in [0, 0.1) is 0 Å². The molecule has 3 rings (SSSR count). The molecule has 0 radical (unpaired) electrons. The van der Waals surface area contributed by atoms with Gasteiger partial charge in [-0.05, 0) is 11.6 Å². The van der Waals surface area contributed by atoms with Crippen molar-refractivity contribution in [1.82, 2.24) is 0 Å². The molecule has 1 aliphatic heterocycles. The quantitative estimate of drug-likeness (QED) is 0.621. The molecule has 1 N–H and O–H groups in total. The van der Waals surface area contributed by atoms with Crippen LogP contribution in [-0.2, 0) is 6.42 Å². The van der Waals surface area contributed by atoms with Crippen LogP contribution >= 0.6 is 0 Å². The SMILES string of the molecule is O[C@H]1Cc2ccc3c(c21)OCO3. The zero-order valence-corrected chi connectivity index (χ0v) is 6.41. The van der Waals surface area contributed by atoms with Crippen LogP contribution in [0.15, 0.2) is 12.1 Å². The Morgan fingerprint density at radius 3 is 3.08 bits per heavy atom. The Morgan fingerprint density at radius 1 is 1.33 bits per heavy atom. The Bertz CT molecular complexity index is 346. The van der Waals surface area contributed by atoms with Crippen LogP contribution in [0.25, 0.3) is 0 Å². The molecule has 1 aliphatic carbocycles. The molecule has 0 fully saturated rings. The van der Waals surface area contributed by atoms with Crippen molar-refractivity contribution in [3.8, 4) is 11.5 Å². The van der Waals surface area contributed by atoms with Crippen molar-refractivity contribution in [3.63, 3.8) is 0 Å². The third-order valence-corrected chi connectivity index (χ3v) is 2.41. The second-order valence-electron chi connectivity index (χ2n) is 3.09. The Balaban J connectivity index is 2.24. The van der Waals surface area contributed by atoms with E-state index in [-0.39, 0.29) is 12.9 Å². The molecule has 0 unspecified atom stereocenters. The fourth-order valence-corrected chi connectivity index (χ4v) is 1.76. The van der Waals surface area contributed by atoms with Gasteiger partial charge in [0.15, 0.2) is 11.5 Å². The molecule has 1 heterocycles. The third kappa shape index (κ3) is 0.599. The van der Waals surface area contributed by atoms with Gasteiger partial charge >= 0.3 is 0 Å². The third-order valence-electron chi connectivity index (χ3n) is 2.41. The first-order valence-electron chi connectivity index (χ1n) is 3.95. The van der Waals surface area contributed by atoms with Crippen molar-refractivity contribution < 1.29 is 14.6 Å². The van der Waals surface area contributed by atoms with Crippen LogP contribution in [0.1, 0.15) is 17.2 Å². The predicted molar refractivity (Wildman–Crippen MR) is 41.2 cm³/mol. The van der Waals surface area contributed by atoms with Gasteiger partial charge in [-0.3, -0.25) is 0 Å². The summed E-state index contributed by atoms with van der Waals surface area (Å²) in [5.41, 5.74) is 2.09. The fourth-order valence-electron chi connectivity index (χ4n) is 1.76. The summed E-state index contributed by atoms with van der Waals surface area (Å²) >= 11 is 0. The minimum Gasteiger partial charge on any atom is -0.454 e. The minimum atomic E-state index is -0.350. The lowest BCUT2D eigenvalue weighted by molar-refractivity contribution is 0.140. The number of fused-ring (bicyclic) bond motifs is 3. The van der Waals surface area contributed by atoms with Gasteiger partial charge < -0.3 is 14.6 Å². The van der Waals surface area contributed by atoms with Crippen molar-refractivity contribution in [1.29, 1.82) is 0 Å². The first-order chi connectivity index (χ1) is 5.86. The summed E-state index contributed by atoms with van der Waals surface area (Å²) in [6, 6.07) is 3.88. The molecular formula is C9H8O3. The summed E-state index contributed by atoms with van der Waals surface area (Å²) in [6.45, 7) is 0.276. The minimum absolute atomic E-state index is 0.276. The summed E-state index contributed by atoms with van der Waals surface area (Å²) in [7, 11) is 0. The van der Waals surface area contributed by atoms with Gasteiger partial charge in [0.1, 0.15) is 0 Å². The van der Waals surface area contributed by atoms with Crippen LogP contribution in [0.5, 0.6) is 11.5 Å². The lowest BCUT2D eigenvalue weighted by Gasteiger charge is -2.26. The van der Waals surface area contributed by atoms with Gasteiger partial charge in [0.05, 0.1) is 6.10 Å². The molecular weight excluding hydrogens is 156 g/mol. The molecule has 0 saturated carbocycles. The van der Waals surface area contributed by atoms with E-state index in [2.05, 4.69) is 0 Å². The first-order valence-corrected chi connectivity index (χ1v) is 3.95. The number of benzene rings is 1. The van der Waals surface area contributed by atoms with Crippen molar-refractivity contribution >= 4 is 0 Å². The van der Waals surface area contributed by atoms with E-state index < -0.39 is 0 Å². The molecule has 0 saturated heterocycles. The van der Waals surface area contributed by atoms with E-state index in [1.165, 1.54) is 5.56 Å². The molecule has 1 aromatic carbocycles. The van der Waals surface area contributed by atoms with E-state index in [1.807, 2.05) is 12.1 Å². The molecule has 12 heavy (non-hydrogen) atoms. The number of ether oxygens (including phenoxy) is 2. The second kappa shape index (κ2) is 1.93. The van der Waals surface area contributed by atoms with Gasteiger partial charge in [-0.15, -0.1) is 0 Å². The molecule has 0 aromatic heterocycles. The van der Waals surface area contributed by atoms with Gasteiger partial charge in [-0.1, -0.05) is 6.07 Å². The van der Waals surface area contributed by atoms with Crippen LogP contribution in [0.2, 0.25) is 0 Å². The Labute approximate surface area is 69.5 Å². The molecule has 0 bridgehead atoms. The number of aliphatic hydroxyl groups excluding tert-OH is 1. The van der Waals surface area contributed by atoms with E-state index in [0.29, 0.717) is 0 Å². The first kappa shape index (κ1) is 6.31. The lowest BCUT2D eigenvalue weighted by atomic mass is 9.84. The summed E-state index contributed by atoms with van der Waals surface area (Å²) in [5.74, 6) is 1.50. The van der Waals surface area contributed by atoms with Crippen LogP contribution in [0.3, 0.4) is 0 Å². The number of aliphatic hydroxyl groups is 1. The van der Waals surface area contributed by atoms with E-state index >= 15 is 0 Å². The van der Waals surface area contributed by atoms with Gasteiger partial charge in [0.2, 0.25) is 6.79 Å². The molecule has 62 valence electrons. The van der Waals surface area contributed by atoms with Crippen molar-refractivity contribution in [2.45, 2.75) is 12.5 Å². The fraction of sp³-hybridized carbons (Fsp3) is 0.333. The van der Waals surface area contributed by atoms with Crippen LogP contribution < -0.4 is 9.47 Å². The monoisotopic (exact) mass is 164 g/mol. The largest absolute Gasteiger partial charge is 0.454 e. The highest BCUT2D eigenvalue weighted by molar-refractivity contribution is 5.57. The van der Waals surface area contributed by atoms with Crippen molar-refractivity contribution in [2.75, 3.05) is 6.79 Å². The molecule has 0 amide bonds. The Morgan fingerprint density at radius 2 is 2.25 bits per heavy atom. The standard InChI is InChI=1S/C9H8O3/c10-6-3-5-1-2-7-9(8(5)6)12-4-11-7/h1-2,6,10H,3-4H2/t6-/m0/s1. The van der Waals surface area contributed by atoms with Gasteiger partial charge in [-0.25, -0.2) is 0 Å². The average Bonchev–Trinajstić information content (AvgIpc) is 2.47. The molecule has 3 heteroatoms. The molecule has 3 nitrogen and oxygen atoms in total. The smallest absolute Gasteiger partial charge is 0.231 e. The van der Waals surface area contributed by atoms with Gasteiger partial charge in [-0.2, -0.15) is 0 Å². The van der Waals surface area contributed by atoms with Crippen molar-refractivity contribution in [2.24, 2.45) is 0 Å². The molecule has 2 aliphatic rings. The van der Waals surface area contributed by atoms with Crippen molar-refractivity contribution in [3.05, 3.63) is 23.3 Å². The Hall–Kier alpha value is -1.22. The second-order valence-corrected chi connectivity index (χ2v) is 3.09. The van der Waals surface area contributed by atoms with Crippen LogP contribution in [-0.4, -0.2) is 11.9 Å². The predicted octanol–water partition coefficient (Wildman–Crippen LogP) is 1.00. The number of rotatable bonds is 0. The zero-order valence-electron chi connectivity index (χ0n) is 6.41. The van der Waals surface area contributed by atoms with Gasteiger partial charge in [0, 0.05) is 12.0 Å². The van der Waals surface area contributed by atoms with E-state index in [1.54, 1.807) is 0 Å². The highest BCUT2D eigenvalue weighted by Crippen LogP contribution is 2.47. The molecule has 1 aromatic rings. The van der Waals surface area contributed by atoms with E-state index in [9.17, 15) is 5.11 Å². The summed E-state index contributed by atoms with van der Waals surface area (Å²) in [6.07, 6.45) is 0.392. The normalized spacial score (nSPS) is 23.2. The van der Waals surface area contributed by atoms with Crippen LogP contribution in [0.4, 0.5) is 0 Å². The highest BCUT2D eigenvalue weighted by atomic mass is 16.7. The number of hydrogen-bond acceptors (Lipinski definition) is 3. The maximum absolute atomic E-state index is 9.43. The zero-order chi connectivity index (χ0) is 8.13. The van der Waals surface area contributed by atoms with Gasteiger partial charge in [0.25, 0.3) is 0 Å². The number of hydrogen-bond donors (Lipinski definition) is 1. The summed E-state index contributed by atoms with van der Waals surface area (Å²) < 4.78 is 10.4. The van der Waals surface area contributed by atoms with E-state index in [4.69, 9.17) is 9.47 Å². The Kier molecular flexibility index (Phi) is 1.01. The molecule has 1 atom stereocenters. The maximum atomic E-state index is 9.43. The topological polar surface area (TPSA) is 38.7 Å². The summed E-state index contributed by atoms with van der Waals surface area (Å²) in [5, 5.41) is 9.43. The maximum Gasteiger partial charge on any atom is 0.231 e.